The van der Waals surface area contributed by atoms with Crippen LogP contribution in [0.5, 0.6) is 0 Å². The molecule has 92 valence electrons. The third-order valence-corrected chi connectivity index (χ3v) is 3.47. The van der Waals surface area contributed by atoms with Crippen LogP contribution in [0, 0.1) is 3.57 Å². The van der Waals surface area contributed by atoms with Crippen molar-refractivity contribution in [2.24, 2.45) is 0 Å². The smallest absolute Gasteiger partial charge is 0.337 e. The number of carbonyl (C=O) groups excluding carboxylic acids is 1. The van der Waals surface area contributed by atoms with Crippen LogP contribution in [0.4, 0.5) is 0 Å². The highest BCUT2D eigenvalue weighted by molar-refractivity contribution is 14.1. The summed E-state index contributed by atoms with van der Waals surface area (Å²) in [5, 5.41) is 18.0. The van der Waals surface area contributed by atoms with Gasteiger partial charge in [0.1, 0.15) is 0 Å². The zero-order valence-corrected chi connectivity index (χ0v) is 11.6. The Kier molecular flexibility index (Phi) is 5.35. The van der Waals surface area contributed by atoms with Crippen LogP contribution in [0.25, 0.3) is 0 Å². The van der Waals surface area contributed by atoms with Gasteiger partial charge in [0, 0.05) is 9.99 Å². The molecule has 4 nitrogen and oxygen atoms in total. The Morgan fingerprint density at radius 3 is 2.53 bits per heavy atom. The molecule has 0 saturated heterocycles. The summed E-state index contributed by atoms with van der Waals surface area (Å²) < 4.78 is 0.735. The molecule has 0 aliphatic carbocycles. The molecule has 0 amide bonds. The van der Waals surface area contributed by atoms with Crippen molar-refractivity contribution in [2.75, 3.05) is 5.88 Å². The van der Waals surface area contributed by atoms with Crippen molar-refractivity contribution < 1.29 is 19.8 Å². The second kappa shape index (κ2) is 6.32. The zero-order valence-electron chi connectivity index (χ0n) is 8.69. The number of benzene rings is 1. The van der Waals surface area contributed by atoms with Gasteiger partial charge in [0.15, 0.2) is 11.9 Å². The summed E-state index contributed by atoms with van der Waals surface area (Å²) >= 11 is 7.40. The van der Waals surface area contributed by atoms with E-state index >= 15 is 0 Å². The molecule has 0 aliphatic heterocycles. The fraction of sp³-hybridized carbons (Fsp3) is 0.273. The van der Waals surface area contributed by atoms with E-state index in [1.54, 1.807) is 12.1 Å². The number of rotatable bonds is 5. The van der Waals surface area contributed by atoms with Gasteiger partial charge in [0.05, 0.1) is 5.88 Å². The molecule has 0 radical (unpaired) electrons. The van der Waals surface area contributed by atoms with Gasteiger partial charge in [-0.15, -0.1) is 11.6 Å². The van der Waals surface area contributed by atoms with Gasteiger partial charge in [-0.25, -0.2) is 4.79 Å². The molecule has 1 atom stereocenters. The van der Waals surface area contributed by atoms with E-state index in [9.17, 15) is 14.7 Å². The number of carboxylic acid groups (broad SMARTS) is 1. The molecule has 6 heteroatoms. The topological polar surface area (TPSA) is 74.6 Å². The van der Waals surface area contributed by atoms with Gasteiger partial charge in [-0.2, -0.15) is 0 Å². The Balaban J connectivity index is 2.93. The van der Waals surface area contributed by atoms with Crippen LogP contribution in [0.3, 0.4) is 0 Å². The molecule has 0 aliphatic rings. The minimum absolute atomic E-state index is 0.0460. The Morgan fingerprint density at radius 1 is 1.41 bits per heavy atom. The van der Waals surface area contributed by atoms with Crippen LogP contribution in [-0.2, 0) is 16.0 Å². The number of carboxylic acids is 1. The lowest BCUT2D eigenvalue weighted by Crippen LogP contribution is -2.11. The van der Waals surface area contributed by atoms with Crippen molar-refractivity contribution in [3.8, 4) is 0 Å². The highest BCUT2D eigenvalue weighted by atomic mass is 127. The first-order valence-corrected chi connectivity index (χ1v) is 6.34. The summed E-state index contributed by atoms with van der Waals surface area (Å²) in [5.41, 5.74) is 1.07. The van der Waals surface area contributed by atoms with Crippen molar-refractivity contribution in [3.05, 3.63) is 32.9 Å². The molecule has 17 heavy (non-hydrogen) atoms. The van der Waals surface area contributed by atoms with E-state index in [0.29, 0.717) is 5.56 Å². The van der Waals surface area contributed by atoms with E-state index < -0.39 is 12.1 Å². The molecule has 0 bridgehead atoms. The van der Waals surface area contributed by atoms with Crippen molar-refractivity contribution in [1.82, 2.24) is 0 Å². The number of hydrogen-bond acceptors (Lipinski definition) is 3. The SMILES string of the molecule is O=C(CCl)Cc1ccc(C(O)C(=O)O)cc1I. The molecule has 0 saturated carbocycles. The number of ketones is 1. The average molecular weight is 369 g/mol. The van der Waals surface area contributed by atoms with Gasteiger partial charge in [-0.05, 0) is 39.8 Å². The van der Waals surface area contributed by atoms with Gasteiger partial charge in [-0.1, -0.05) is 12.1 Å². The third-order valence-electron chi connectivity index (χ3n) is 2.16. The molecule has 0 fully saturated rings. The first-order valence-electron chi connectivity index (χ1n) is 4.72. The molecule has 0 spiro atoms. The highest BCUT2D eigenvalue weighted by Crippen LogP contribution is 2.20. The van der Waals surface area contributed by atoms with Gasteiger partial charge in [0.25, 0.3) is 0 Å². The highest BCUT2D eigenvalue weighted by Gasteiger charge is 2.17. The largest absolute Gasteiger partial charge is 0.479 e. The van der Waals surface area contributed by atoms with Gasteiger partial charge in [-0.3, -0.25) is 4.79 Å². The minimum atomic E-state index is -1.54. The minimum Gasteiger partial charge on any atom is -0.479 e. The number of aliphatic hydroxyl groups is 1. The normalized spacial score (nSPS) is 12.2. The van der Waals surface area contributed by atoms with E-state index in [1.807, 2.05) is 22.6 Å². The summed E-state index contributed by atoms with van der Waals surface area (Å²) in [6, 6.07) is 4.68. The molecule has 2 N–H and O–H groups in total. The van der Waals surface area contributed by atoms with Gasteiger partial charge < -0.3 is 10.2 Å². The molecular weight excluding hydrogens is 358 g/mol. The van der Waals surface area contributed by atoms with Crippen molar-refractivity contribution in [1.29, 1.82) is 0 Å². The maximum atomic E-state index is 11.2. The lowest BCUT2D eigenvalue weighted by Gasteiger charge is -2.09. The fourth-order valence-corrected chi connectivity index (χ4v) is 2.10. The number of carbonyl (C=O) groups is 2. The number of alkyl halides is 1. The van der Waals surface area contributed by atoms with Crippen molar-refractivity contribution in [3.63, 3.8) is 0 Å². The standard InChI is InChI=1S/C11H10ClIO4/c12-5-8(14)3-6-1-2-7(4-9(6)13)10(15)11(16)17/h1-2,4,10,15H,3,5H2,(H,16,17). The maximum absolute atomic E-state index is 11.2. The second-order valence-electron chi connectivity index (χ2n) is 3.44. The summed E-state index contributed by atoms with van der Waals surface area (Å²) in [6.07, 6.45) is -1.33. The van der Waals surface area contributed by atoms with Crippen LogP contribution in [0.2, 0.25) is 0 Å². The lowest BCUT2D eigenvalue weighted by molar-refractivity contribution is -0.147. The number of aliphatic hydroxyl groups excluding tert-OH is 1. The molecule has 0 aromatic heterocycles. The Morgan fingerprint density at radius 2 is 2.06 bits per heavy atom. The first-order chi connectivity index (χ1) is 7.95. The van der Waals surface area contributed by atoms with E-state index in [-0.39, 0.29) is 18.1 Å². The van der Waals surface area contributed by atoms with Crippen LogP contribution in [0.15, 0.2) is 18.2 Å². The first kappa shape index (κ1) is 14.4. The molecular formula is C11H10ClIO4. The molecule has 1 unspecified atom stereocenters. The van der Waals surface area contributed by atoms with E-state index in [4.69, 9.17) is 16.7 Å². The second-order valence-corrected chi connectivity index (χ2v) is 4.87. The summed E-state index contributed by atoms with van der Waals surface area (Å²) in [7, 11) is 0. The Hall–Kier alpha value is -0.660. The third kappa shape index (κ3) is 3.93. The van der Waals surface area contributed by atoms with Crippen LogP contribution in [-0.4, -0.2) is 27.8 Å². The lowest BCUT2D eigenvalue weighted by atomic mass is 10.0. The van der Waals surface area contributed by atoms with Crippen molar-refractivity contribution in [2.45, 2.75) is 12.5 Å². The fourth-order valence-electron chi connectivity index (χ4n) is 1.28. The Labute approximate surface area is 117 Å². The van der Waals surface area contributed by atoms with E-state index in [2.05, 4.69) is 0 Å². The predicted octanol–water partition coefficient (Wildman–Crippen LogP) is 1.76. The summed E-state index contributed by atoms with van der Waals surface area (Å²) in [6.45, 7) is 0. The maximum Gasteiger partial charge on any atom is 0.337 e. The number of aliphatic carboxylic acids is 1. The van der Waals surface area contributed by atoms with Crippen LogP contribution in [0.1, 0.15) is 17.2 Å². The van der Waals surface area contributed by atoms with Gasteiger partial charge >= 0.3 is 5.97 Å². The monoisotopic (exact) mass is 368 g/mol. The number of hydrogen-bond donors (Lipinski definition) is 2. The number of Topliss-reactive ketones (excluding diaryl/α,β-unsaturated/α-hetero) is 1. The van der Waals surface area contributed by atoms with Crippen LogP contribution >= 0.6 is 34.2 Å². The zero-order chi connectivity index (χ0) is 13.0. The van der Waals surface area contributed by atoms with Gasteiger partial charge in [0.2, 0.25) is 0 Å². The predicted molar refractivity (Wildman–Crippen MR) is 71.2 cm³/mol. The molecule has 1 rings (SSSR count). The van der Waals surface area contributed by atoms with Crippen molar-refractivity contribution >= 4 is 45.9 Å². The van der Waals surface area contributed by atoms with Crippen LogP contribution < -0.4 is 0 Å². The quantitative estimate of drug-likeness (QED) is 0.613. The average Bonchev–Trinajstić information content (AvgIpc) is 2.30. The van der Waals surface area contributed by atoms with E-state index in [1.165, 1.54) is 6.07 Å². The molecule has 1 aromatic rings. The molecule has 0 heterocycles. The summed E-state index contributed by atoms with van der Waals surface area (Å²) in [4.78, 5) is 21.8. The Bertz CT molecular complexity index is 447. The van der Waals surface area contributed by atoms with E-state index in [0.717, 1.165) is 9.13 Å². The molecule has 1 aromatic carbocycles. The number of halogens is 2. The summed E-state index contributed by atoms with van der Waals surface area (Å²) in [5.74, 6) is -1.45.